The van der Waals surface area contributed by atoms with Gasteiger partial charge in [-0.15, -0.1) is 5.10 Å². The van der Waals surface area contributed by atoms with Crippen molar-refractivity contribution < 1.29 is 14.3 Å². The summed E-state index contributed by atoms with van der Waals surface area (Å²) in [5.74, 6) is 1.89. The molecule has 1 N–H and O–H groups in total. The number of anilines is 1. The highest BCUT2D eigenvalue weighted by Crippen LogP contribution is 2.37. The first-order chi connectivity index (χ1) is 13.9. The second-order valence-corrected chi connectivity index (χ2v) is 8.27. The Kier molecular flexibility index (Phi) is 6.84. The number of fused-ring (bicyclic) bond motifs is 1. The van der Waals surface area contributed by atoms with Gasteiger partial charge in [-0.05, 0) is 50.6 Å². The molecule has 0 saturated heterocycles. The van der Waals surface area contributed by atoms with Crippen molar-refractivity contribution >= 4 is 23.7 Å². The van der Waals surface area contributed by atoms with Gasteiger partial charge in [-0.2, -0.15) is 4.98 Å². The van der Waals surface area contributed by atoms with Crippen LogP contribution in [0.5, 0.6) is 5.75 Å². The topological polar surface area (TPSA) is 78.3 Å². The molecule has 1 unspecified atom stereocenters. The van der Waals surface area contributed by atoms with Crippen LogP contribution in [0.3, 0.4) is 0 Å². The van der Waals surface area contributed by atoms with E-state index in [1.54, 1.807) is 16.4 Å². The number of allylic oxidation sites excluding steroid dienone is 1. The highest BCUT2D eigenvalue weighted by Gasteiger charge is 2.35. The van der Waals surface area contributed by atoms with E-state index in [2.05, 4.69) is 22.3 Å². The van der Waals surface area contributed by atoms with Crippen LogP contribution in [0.1, 0.15) is 52.6 Å². The van der Waals surface area contributed by atoms with Crippen LogP contribution in [0.2, 0.25) is 0 Å². The molecule has 7 nitrogen and oxygen atoms in total. The number of thioether (sulfide) groups is 1. The smallest absolute Gasteiger partial charge is 0.338 e. The van der Waals surface area contributed by atoms with Crippen LogP contribution in [-0.2, 0) is 9.53 Å². The molecule has 2 aromatic rings. The van der Waals surface area contributed by atoms with E-state index >= 15 is 0 Å². The zero-order chi connectivity index (χ0) is 21.0. The second-order valence-electron chi connectivity index (χ2n) is 7.04. The fraction of sp³-hybridized carbons (Fsp3) is 0.476. The molecule has 0 saturated carbocycles. The number of esters is 1. The third-order valence-corrected chi connectivity index (χ3v) is 5.03. The van der Waals surface area contributed by atoms with Gasteiger partial charge in [0, 0.05) is 5.70 Å². The van der Waals surface area contributed by atoms with E-state index in [9.17, 15) is 4.79 Å². The molecule has 0 radical (unpaired) electrons. The molecule has 0 aliphatic carbocycles. The standard InChI is InChI=1S/C21H28N4O3S/c1-6-11-27-19(26)17-14(5)22-20-23-21(29-7-2)24-25(20)18(17)15-9-8-10-16(12-15)28-13(3)4/h8-10,12-13,18H,6-7,11H2,1-5H3,(H,22,23,24). The van der Waals surface area contributed by atoms with E-state index in [0.29, 0.717) is 23.3 Å². The van der Waals surface area contributed by atoms with Crippen LogP contribution in [-0.4, -0.2) is 39.2 Å². The Hall–Kier alpha value is -2.48. The maximum Gasteiger partial charge on any atom is 0.338 e. The maximum atomic E-state index is 12.9. The Morgan fingerprint density at radius 2 is 2.14 bits per heavy atom. The number of ether oxygens (including phenoxy) is 2. The fourth-order valence-corrected chi connectivity index (χ4v) is 3.75. The number of carbonyl (C=O) groups is 1. The lowest BCUT2D eigenvalue weighted by Gasteiger charge is -2.28. The van der Waals surface area contributed by atoms with E-state index < -0.39 is 6.04 Å². The zero-order valence-electron chi connectivity index (χ0n) is 17.6. The number of nitrogens with zero attached hydrogens (tertiary/aromatic N) is 3. The summed E-state index contributed by atoms with van der Waals surface area (Å²) in [6.07, 6.45) is 0.818. The van der Waals surface area contributed by atoms with Crippen LogP contribution in [0.15, 0.2) is 40.7 Å². The Balaban J connectivity index is 2.08. The first-order valence-corrected chi connectivity index (χ1v) is 10.9. The van der Waals surface area contributed by atoms with Gasteiger partial charge < -0.3 is 14.8 Å². The minimum absolute atomic E-state index is 0.0547. The second kappa shape index (κ2) is 9.35. The number of hydrogen-bond acceptors (Lipinski definition) is 7. The largest absolute Gasteiger partial charge is 0.491 e. The number of nitrogens with one attached hydrogen (secondary N) is 1. The SMILES string of the molecule is CCCOC(=O)C1=C(C)Nc2nc(SCC)nn2C1c1cccc(OC(C)C)c1. The number of rotatable bonds is 8. The molecule has 8 heteroatoms. The quantitative estimate of drug-likeness (QED) is 0.504. The van der Waals surface area contributed by atoms with Gasteiger partial charge in [0.25, 0.3) is 0 Å². The van der Waals surface area contributed by atoms with Gasteiger partial charge in [-0.1, -0.05) is 37.7 Å². The Labute approximate surface area is 175 Å². The third kappa shape index (κ3) is 4.75. The molecule has 0 spiro atoms. The number of aromatic nitrogens is 3. The van der Waals surface area contributed by atoms with Crippen LogP contribution in [0.4, 0.5) is 5.95 Å². The zero-order valence-corrected chi connectivity index (χ0v) is 18.4. The van der Waals surface area contributed by atoms with Gasteiger partial charge >= 0.3 is 5.97 Å². The average molecular weight is 417 g/mol. The van der Waals surface area contributed by atoms with E-state index in [1.807, 2.05) is 52.0 Å². The molecule has 1 aliphatic rings. The van der Waals surface area contributed by atoms with Gasteiger partial charge in [0.2, 0.25) is 11.1 Å². The van der Waals surface area contributed by atoms with Crippen LogP contribution < -0.4 is 10.1 Å². The molecule has 29 heavy (non-hydrogen) atoms. The van der Waals surface area contributed by atoms with E-state index in [0.717, 1.165) is 29.2 Å². The average Bonchev–Trinajstić information content (AvgIpc) is 3.06. The Morgan fingerprint density at radius 3 is 2.83 bits per heavy atom. The summed E-state index contributed by atoms with van der Waals surface area (Å²) in [7, 11) is 0. The summed E-state index contributed by atoms with van der Waals surface area (Å²) in [5, 5.41) is 8.55. The molecule has 2 heterocycles. The normalized spacial score (nSPS) is 15.9. The van der Waals surface area contributed by atoms with Crippen molar-refractivity contribution in [1.29, 1.82) is 0 Å². The predicted octanol–water partition coefficient (Wildman–Crippen LogP) is 4.42. The number of carbonyl (C=O) groups excluding carboxylic acids is 1. The highest BCUT2D eigenvalue weighted by atomic mass is 32.2. The van der Waals surface area contributed by atoms with E-state index in [-0.39, 0.29) is 12.1 Å². The molecule has 0 amide bonds. The summed E-state index contributed by atoms with van der Waals surface area (Å²) >= 11 is 1.56. The van der Waals surface area contributed by atoms with Crippen LogP contribution in [0.25, 0.3) is 0 Å². The van der Waals surface area contributed by atoms with Crippen molar-refractivity contribution in [3.05, 3.63) is 41.1 Å². The first kappa shape index (κ1) is 21.2. The molecule has 0 fully saturated rings. The summed E-state index contributed by atoms with van der Waals surface area (Å²) in [6.45, 7) is 10.2. The first-order valence-electron chi connectivity index (χ1n) is 9.95. The molecule has 1 atom stereocenters. The summed E-state index contributed by atoms with van der Waals surface area (Å²) in [6, 6.07) is 7.33. The van der Waals surface area contributed by atoms with Gasteiger partial charge in [0.05, 0.1) is 18.3 Å². The number of benzene rings is 1. The van der Waals surface area contributed by atoms with Crippen molar-refractivity contribution in [2.24, 2.45) is 0 Å². The number of hydrogen-bond donors (Lipinski definition) is 1. The lowest BCUT2D eigenvalue weighted by molar-refractivity contribution is -0.139. The van der Waals surface area contributed by atoms with Crippen LogP contribution in [0, 0.1) is 0 Å². The molecule has 3 rings (SSSR count). The lowest BCUT2D eigenvalue weighted by atomic mass is 9.95. The van der Waals surface area contributed by atoms with Crippen molar-refractivity contribution in [2.45, 2.75) is 58.3 Å². The molecular weight excluding hydrogens is 388 g/mol. The molecule has 0 bridgehead atoms. The van der Waals surface area contributed by atoms with Crippen molar-refractivity contribution in [3.63, 3.8) is 0 Å². The summed E-state index contributed by atoms with van der Waals surface area (Å²) in [4.78, 5) is 17.5. The van der Waals surface area contributed by atoms with Gasteiger partial charge in [0.15, 0.2) is 0 Å². The van der Waals surface area contributed by atoms with Gasteiger partial charge in [0.1, 0.15) is 11.8 Å². The monoisotopic (exact) mass is 416 g/mol. The maximum absolute atomic E-state index is 12.9. The lowest BCUT2D eigenvalue weighted by Crippen LogP contribution is -2.29. The molecule has 1 aromatic carbocycles. The fourth-order valence-electron chi connectivity index (χ4n) is 3.20. The third-order valence-electron chi connectivity index (χ3n) is 4.31. The molecule has 1 aliphatic heterocycles. The van der Waals surface area contributed by atoms with Gasteiger partial charge in [-0.3, -0.25) is 0 Å². The van der Waals surface area contributed by atoms with Crippen molar-refractivity contribution in [3.8, 4) is 5.75 Å². The highest BCUT2D eigenvalue weighted by molar-refractivity contribution is 7.99. The molecule has 156 valence electrons. The van der Waals surface area contributed by atoms with Gasteiger partial charge in [-0.25, -0.2) is 9.48 Å². The Bertz CT molecular complexity index is 907. The minimum Gasteiger partial charge on any atom is -0.491 e. The van der Waals surface area contributed by atoms with Crippen molar-refractivity contribution in [1.82, 2.24) is 14.8 Å². The predicted molar refractivity (Wildman–Crippen MR) is 114 cm³/mol. The Morgan fingerprint density at radius 1 is 1.34 bits per heavy atom. The molecular formula is C21H28N4O3S. The molecule has 1 aromatic heterocycles. The van der Waals surface area contributed by atoms with Crippen LogP contribution >= 0.6 is 11.8 Å². The van der Waals surface area contributed by atoms with E-state index in [4.69, 9.17) is 9.47 Å². The van der Waals surface area contributed by atoms with E-state index in [1.165, 1.54) is 0 Å². The summed E-state index contributed by atoms with van der Waals surface area (Å²) in [5.41, 5.74) is 2.15. The summed E-state index contributed by atoms with van der Waals surface area (Å²) < 4.78 is 13.1. The van der Waals surface area contributed by atoms with Crippen molar-refractivity contribution in [2.75, 3.05) is 17.7 Å². The minimum atomic E-state index is -0.440.